The van der Waals surface area contributed by atoms with Crippen LogP contribution in [0.1, 0.15) is 35.8 Å². The van der Waals surface area contributed by atoms with Gasteiger partial charge in [-0.25, -0.2) is 8.42 Å². The van der Waals surface area contributed by atoms with Crippen LogP contribution in [0.25, 0.3) is 0 Å². The fourth-order valence-corrected chi connectivity index (χ4v) is 6.53. The predicted octanol–water partition coefficient (Wildman–Crippen LogP) is 1.88. The third kappa shape index (κ3) is 3.58. The molecule has 2 aliphatic heterocycles. The van der Waals surface area contributed by atoms with E-state index in [9.17, 15) is 8.42 Å². The van der Waals surface area contributed by atoms with E-state index in [1.807, 2.05) is 13.0 Å². The first-order chi connectivity index (χ1) is 12.5. The zero-order valence-electron chi connectivity index (χ0n) is 15.1. The summed E-state index contributed by atoms with van der Waals surface area (Å²) in [6.45, 7) is 6.20. The number of hydrogen-bond acceptors (Lipinski definition) is 6. The summed E-state index contributed by atoms with van der Waals surface area (Å²) in [5.74, 6) is 2.12. The van der Waals surface area contributed by atoms with E-state index >= 15 is 0 Å². The minimum absolute atomic E-state index is 0.450. The van der Waals surface area contributed by atoms with Gasteiger partial charge < -0.3 is 4.57 Å². The summed E-state index contributed by atoms with van der Waals surface area (Å²) in [6.07, 6.45) is 4.64. The zero-order chi connectivity index (χ0) is 18.1. The molecule has 2 aromatic rings. The third-order valence-corrected chi connectivity index (χ3v) is 8.56. The molecule has 9 heteroatoms. The van der Waals surface area contributed by atoms with E-state index in [0.717, 1.165) is 49.1 Å². The van der Waals surface area contributed by atoms with Crippen molar-refractivity contribution in [1.82, 2.24) is 24.0 Å². The van der Waals surface area contributed by atoms with Crippen molar-refractivity contribution in [1.29, 1.82) is 0 Å². The van der Waals surface area contributed by atoms with Crippen molar-refractivity contribution in [2.45, 2.75) is 49.9 Å². The number of aromatic nitrogens is 3. The number of hydrogen-bond donors (Lipinski definition) is 0. The van der Waals surface area contributed by atoms with Gasteiger partial charge in [0.15, 0.2) is 0 Å². The number of nitrogens with zero attached hydrogens (tertiary/aromatic N) is 5. The molecule has 4 heterocycles. The molecule has 1 fully saturated rings. The molecular weight excluding hydrogens is 370 g/mol. The smallest absolute Gasteiger partial charge is 0.252 e. The topological polar surface area (TPSA) is 71.3 Å². The largest absolute Gasteiger partial charge is 0.314 e. The average molecular weight is 396 g/mol. The van der Waals surface area contributed by atoms with E-state index in [1.165, 1.54) is 30.6 Å². The van der Waals surface area contributed by atoms with Gasteiger partial charge in [-0.1, -0.05) is 6.42 Å². The molecule has 0 unspecified atom stereocenters. The van der Waals surface area contributed by atoms with Gasteiger partial charge in [-0.15, -0.1) is 21.5 Å². The normalized spacial score (nSPS) is 20.0. The van der Waals surface area contributed by atoms with Crippen molar-refractivity contribution >= 4 is 21.4 Å². The van der Waals surface area contributed by atoms with Gasteiger partial charge >= 0.3 is 0 Å². The molecule has 2 aromatic heterocycles. The van der Waals surface area contributed by atoms with Crippen LogP contribution in [0, 0.1) is 6.92 Å². The summed E-state index contributed by atoms with van der Waals surface area (Å²) in [7, 11) is -3.35. The average Bonchev–Trinajstić information content (AvgIpc) is 3.15. The second-order valence-corrected chi connectivity index (χ2v) is 10.5. The van der Waals surface area contributed by atoms with Gasteiger partial charge in [-0.2, -0.15) is 4.31 Å². The molecule has 0 atom stereocenters. The molecule has 0 bridgehead atoms. The number of rotatable bonds is 4. The molecule has 0 aliphatic carbocycles. The fourth-order valence-electron chi connectivity index (χ4n) is 3.67. The first-order valence-electron chi connectivity index (χ1n) is 9.24. The number of thiophene rings is 1. The summed E-state index contributed by atoms with van der Waals surface area (Å²) in [4.78, 5) is 3.31. The monoisotopic (exact) mass is 395 g/mol. The molecule has 2 aliphatic rings. The van der Waals surface area contributed by atoms with E-state index in [4.69, 9.17) is 0 Å². The Labute approximate surface area is 158 Å². The molecule has 0 radical (unpaired) electrons. The Balaban J connectivity index is 1.39. The molecule has 0 N–H and O–H groups in total. The number of sulfonamides is 1. The van der Waals surface area contributed by atoms with Crippen LogP contribution in [0.2, 0.25) is 0 Å². The Hall–Kier alpha value is -1.29. The van der Waals surface area contributed by atoms with Crippen LogP contribution in [0.3, 0.4) is 0 Å². The molecule has 0 amide bonds. The lowest BCUT2D eigenvalue weighted by Gasteiger charge is -2.33. The van der Waals surface area contributed by atoms with Crippen molar-refractivity contribution in [2.24, 2.45) is 0 Å². The van der Waals surface area contributed by atoms with Crippen molar-refractivity contribution in [2.75, 3.05) is 26.2 Å². The van der Waals surface area contributed by atoms with Gasteiger partial charge in [0, 0.05) is 44.0 Å². The van der Waals surface area contributed by atoms with Crippen LogP contribution in [-0.4, -0.2) is 58.6 Å². The highest BCUT2D eigenvalue weighted by Gasteiger charge is 2.30. The molecule has 0 aromatic carbocycles. The SMILES string of the molecule is Cc1ccc(S(=O)(=O)N2CCN(Cc3nnc4n3CCCCC4)CC2)s1. The first kappa shape index (κ1) is 18.1. The van der Waals surface area contributed by atoms with Crippen LogP contribution in [-0.2, 0) is 29.5 Å². The fraction of sp³-hybridized carbons (Fsp3) is 0.647. The van der Waals surface area contributed by atoms with Crippen LogP contribution in [0.15, 0.2) is 16.3 Å². The quantitative estimate of drug-likeness (QED) is 0.790. The van der Waals surface area contributed by atoms with E-state index in [0.29, 0.717) is 17.3 Å². The van der Waals surface area contributed by atoms with E-state index in [2.05, 4.69) is 19.7 Å². The summed E-state index contributed by atoms with van der Waals surface area (Å²) in [6, 6.07) is 3.58. The third-order valence-electron chi connectivity index (χ3n) is 5.19. The molecule has 0 saturated carbocycles. The van der Waals surface area contributed by atoms with E-state index in [-0.39, 0.29) is 0 Å². The van der Waals surface area contributed by atoms with E-state index in [1.54, 1.807) is 10.4 Å². The Morgan fingerprint density at radius 3 is 2.58 bits per heavy atom. The molecule has 0 spiro atoms. The summed E-state index contributed by atoms with van der Waals surface area (Å²) in [5, 5.41) is 8.75. The van der Waals surface area contributed by atoms with Crippen molar-refractivity contribution in [3.8, 4) is 0 Å². The van der Waals surface area contributed by atoms with Crippen LogP contribution in [0.4, 0.5) is 0 Å². The highest BCUT2D eigenvalue weighted by molar-refractivity contribution is 7.91. The maximum Gasteiger partial charge on any atom is 0.252 e. The van der Waals surface area contributed by atoms with Gasteiger partial charge in [0.25, 0.3) is 10.0 Å². The summed E-state index contributed by atoms with van der Waals surface area (Å²) in [5.41, 5.74) is 0. The zero-order valence-corrected chi connectivity index (χ0v) is 16.7. The lowest BCUT2D eigenvalue weighted by Crippen LogP contribution is -2.48. The van der Waals surface area contributed by atoms with Crippen molar-refractivity contribution in [3.63, 3.8) is 0 Å². The molecule has 4 rings (SSSR count). The number of fused-ring (bicyclic) bond motifs is 1. The van der Waals surface area contributed by atoms with Gasteiger partial charge in [-0.3, -0.25) is 4.90 Å². The van der Waals surface area contributed by atoms with Gasteiger partial charge in [0.05, 0.1) is 6.54 Å². The minimum Gasteiger partial charge on any atom is -0.314 e. The maximum atomic E-state index is 12.7. The van der Waals surface area contributed by atoms with Gasteiger partial charge in [0.2, 0.25) is 0 Å². The van der Waals surface area contributed by atoms with Crippen LogP contribution in [0.5, 0.6) is 0 Å². The highest BCUT2D eigenvalue weighted by atomic mass is 32.2. The number of piperazine rings is 1. The lowest BCUT2D eigenvalue weighted by molar-refractivity contribution is 0.176. The van der Waals surface area contributed by atoms with Gasteiger partial charge in [-0.05, 0) is 31.9 Å². The Bertz CT molecular complexity index is 866. The van der Waals surface area contributed by atoms with E-state index < -0.39 is 10.0 Å². The minimum atomic E-state index is -3.35. The molecule has 26 heavy (non-hydrogen) atoms. The Kier molecular flexibility index (Phi) is 5.13. The molecular formula is C17H25N5O2S2. The molecule has 7 nitrogen and oxygen atoms in total. The summed E-state index contributed by atoms with van der Waals surface area (Å²) < 4.78 is 29.8. The Morgan fingerprint density at radius 1 is 1.04 bits per heavy atom. The second kappa shape index (κ2) is 7.38. The predicted molar refractivity (Wildman–Crippen MR) is 101 cm³/mol. The second-order valence-electron chi connectivity index (χ2n) is 7.04. The van der Waals surface area contributed by atoms with Gasteiger partial charge in [0.1, 0.15) is 15.9 Å². The summed E-state index contributed by atoms with van der Waals surface area (Å²) >= 11 is 1.35. The van der Waals surface area contributed by atoms with Crippen LogP contribution < -0.4 is 0 Å². The molecule has 142 valence electrons. The van der Waals surface area contributed by atoms with Crippen molar-refractivity contribution < 1.29 is 8.42 Å². The Morgan fingerprint density at radius 2 is 1.85 bits per heavy atom. The highest BCUT2D eigenvalue weighted by Crippen LogP contribution is 2.25. The molecule has 1 saturated heterocycles. The van der Waals surface area contributed by atoms with Crippen molar-refractivity contribution in [3.05, 3.63) is 28.7 Å². The first-order valence-corrected chi connectivity index (χ1v) is 11.5. The standard InChI is InChI=1S/C17H25N5O2S2/c1-14-6-7-17(25-14)26(23,24)21-11-9-20(10-12-21)13-16-19-18-15-5-3-2-4-8-22(15)16/h6-7H,2-5,8-13H2,1H3. The van der Waals surface area contributed by atoms with Crippen LogP contribution >= 0.6 is 11.3 Å². The maximum absolute atomic E-state index is 12.7. The number of aryl methyl sites for hydroxylation is 2. The lowest BCUT2D eigenvalue weighted by atomic mass is 10.2.